The zero-order chi connectivity index (χ0) is 17.3. The quantitative estimate of drug-likeness (QED) is 0.340. The predicted octanol–water partition coefficient (Wildman–Crippen LogP) is 0.404. The van der Waals surface area contributed by atoms with Gasteiger partial charge < -0.3 is 15.2 Å². The monoisotopic (exact) mass is 345 g/mol. The van der Waals surface area contributed by atoms with Crippen molar-refractivity contribution in [2.24, 2.45) is 4.99 Å². The number of aromatic nitrogens is 1. The molecule has 1 aromatic rings. The van der Waals surface area contributed by atoms with Gasteiger partial charge in [0.15, 0.2) is 5.96 Å². The van der Waals surface area contributed by atoms with Gasteiger partial charge in [0.2, 0.25) is 10.0 Å². The molecule has 9 heteroatoms. The molecule has 0 aliphatic carbocycles. The van der Waals surface area contributed by atoms with Crippen LogP contribution < -0.4 is 15.4 Å². The summed E-state index contributed by atoms with van der Waals surface area (Å²) in [7, 11) is -1.49. The highest BCUT2D eigenvalue weighted by Crippen LogP contribution is 2.15. The Kier molecular flexibility index (Phi) is 8.04. The van der Waals surface area contributed by atoms with Crippen molar-refractivity contribution in [1.29, 1.82) is 0 Å². The maximum Gasteiger partial charge on any atom is 0.211 e. The number of hydrogen-bond donors (Lipinski definition) is 3. The minimum Gasteiger partial charge on any atom is -0.361 e. The first-order valence-corrected chi connectivity index (χ1v) is 9.50. The number of nitrogens with zero attached hydrogens (tertiary/aromatic N) is 2. The van der Waals surface area contributed by atoms with E-state index in [0.717, 1.165) is 29.9 Å². The molecule has 0 fully saturated rings. The topological polar surface area (TPSA) is 109 Å². The molecule has 0 aliphatic rings. The maximum atomic E-state index is 11.3. The van der Waals surface area contributed by atoms with E-state index in [4.69, 9.17) is 4.52 Å². The molecule has 0 amide bonds. The molecule has 23 heavy (non-hydrogen) atoms. The molecule has 0 spiro atoms. The van der Waals surface area contributed by atoms with Gasteiger partial charge in [-0.2, -0.15) is 0 Å². The van der Waals surface area contributed by atoms with E-state index in [-0.39, 0.29) is 5.75 Å². The molecule has 0 bridgehead atoms. The van der Waals surface area contributed by atoms with Crippen LogP contribution in [0, 0.1) is 0 Å². The lowest BCUT2D eigenvalue weighted by Gasteiger charge is -2.12. The van der Waals surface area contributed by atoms with Gasteiger partial charge in [-0.25, -0.2) is 13.1 Å². The molecule has 0 aromatic carbocycles. The Bertz CT molecular complexity index is 588. The molecule has 1 rings (SSSR count). The van der Waals surface area contributed by atoms with Crippen LogP contribution in [-0.4, -0.2) is 45.4 Å². The van der Waals surface area contributed by atoms with Gasteiger partial charge in [0.25, 0.3) is 0 Å². The third-order valence-electron chi connectivity index (χ3n) is 3.38. The summed E-state index contributed by atoms with van der Waals surface area (Å²) in [6, 6.07) is 0. The van der Waals surface area contributed by atoms with Crippen molar-refractivity contribution >= 4 is 16.0 Å². The highest BCUT2D eigenvalue weighted by molar-refractivity contribution is 7.89. The van der Waals surface area contributed by atoms with Crippen LogP contribution in [0.3, 0.4) is 0 Å². The van der Waals surface area contributed by atoms with E-state index >= 15 is 0 Å². The molecule has 0 radical (unpaired) electrons. The first kappa shape index (κ1) is 19.4. The molecule has 0 saturated carbocycles. The van der Waals surface area contributed by atoms with Crippen LogP contribution in [-0.2, 0) is 29.4 Å². The number of rotatable bonds is 9. The molecule has 0 saturated heterocycles. The van der Waals surface area contributed by atoms with Crippen LogP contribution in [0.5, 0.6) is 0 Å². The minimum absolute atomic E-state index is 0.0764. The average Bonchev–Trinajstić information content (AvgIpc) is 2.96. The minimum atomic E-state index is -3.16. The Balaban J connectivity index is 2.48. The highest BCUT2D eigenvalue weighted by atomic mass is 32.2. The van der Waals surface area contributed by atoms with Gasteiger partial charge in [0.05, 0.1) is 11.4 Å². The summed E-state index contributed by atoms with van der Waals surface area (Å²) in [6.07, 6.45) is 1.60. The maximum absolute atomic E-state index is 11.3. The third-order valence-corrected chi connectivity index (χ3v) is 4.79. The summed E-state index contributed by atoms with van der Waals surface area (Å²) < 4.78 is 30.5. The number of guanidine groups is 1. The number of aryl methyl sites for hydroxylation is 2. The lowest BCUT2D eigenvalue weighted by molar-refractivity contribution is 0.380. The second-order valence-corrected chi connectivity index (χ2v) is 6.98. The Labute approximate surface area is 138 Å². The summed E-state index contributed by atoms with van der Waals surface area (Å²) >= 11 is 0. The van der Waals surface area contributed by atoms with Gasteiger partial charge in [-0.3, -0.25) is 4.99 Å². The molecule has 0 unspecified atom stereocenters. The molecular formula is C14H27N5O3S. The predicted molar refractivity (Wildman–Crippen MR) is 90.9 cm³/mol. The molecule has 132 valence electrons. The first-order valence-electron chi connectivity index (χ1n) is 7.85. The lowest BCUT2D eigenvalue weighted by atomic mass is 10.1. The van der Waals surface area contributed by atoms with E-state index in [2.05, 4.69) is 25.5 Å². The van der Waals surface area contributed by atoms with Crippen LogP contribution in [0.4, 0.5) is 0 Å². The number of aliphatic imine (C=N–C) groups is 1. The van der Waals surface area contributed by atoms with E-state index in [1.165, 1.54) is 0 Å². The Morgan fingerprint density at radius 1 is 1.17 bits per heavy atom. The van der Waals surface area contributed by atoms with Crippen molar-refractivity contribution in [2.45, 2.75) is 40.2 Å². The fourth-order valence-electron chi connectivity index (χ4n) is 2.02. The van der Waals surface area contributed by atoms with Gasteiger partial charge in [0.1, 0.15) is 5.76 Å². The van der Waals surface area contributed by atoms with Crippen LogP contribution in [0.2, 0.25) is 0 Å². The smallest absolute Gasteiger partial charge is 0.211 e. The molecular weight excluding hydrogens is 318 g/mol. The molecule has 1 aromatic heterocycles. The first-order chi connectivity index (χ1) is 11.0. The van der Waals surface area contributed by atoms with E-state index in [0.29, 0.717) is 25.6 Å². The molecule has 1 heterocycles. The normalized spacial score (nSPS) is 12.4. The summed E-state index contributed by atoms with van der Waals surface area (Å²) in [5.41, 5.74) is 2.00. The van der Waals surface area contributed by atoms with Gasteiger partial charge in [-0.05, 0) is 13.3 Å². The standard InChI is InChI=1S/C14H27N5O3S/c1-5-12-11(13(6-2)22-19-12)10-17-14(15-4)16-8-9-18-23(20,21)7-3/h18H,5-10H2,1-4H3,(H2,15,16,17). The van der Waals surface area contributed by atoms with Crippen LogP contribution in [0.25, 0.3) is 0 Å². The Morgan fingerprint density at radius 3 is 2.48 bits per heavy atom. The highest BCUT2D eigenvalue weighted by Gasteiger charge is 2.13. The summed E-state index contributed by atoms with van der Waals surface area (Å²) in [5, 5.41) is 10.3. The fourth-order valence-corrected chi connectivity index (χ4v) is 2.64. The number of hydrogen-bond acceptors (Lipinski definition) is 5. The second-order valence-electron chi connectivity index (χ2n) is 4.89. The summed E-state index contributed by atoms with van der Waals surface area (Å²) in [4.78, 5) is 4.12. The summed E-state index contributed by atoms with van der Waals surface area (Å²) in [6.45, 7) is 6.99. The van der Waals surface area contributed by atoms with Crippen LogP contribution in [0.15, 0.2) is 9.52 Å². The van der Waals surface area contributed by atoms with Crippen LogP contribution >= 0.6 is 0 Å². The van der Waals surface area contributed by atoms with Gasteiger partial charge in [-0.1, -0.05) is 19.0 Å². The Morgan fingerprint density at radius 2 is 1.91 bits per heavy atom. The molecule has 3 N–H and O–H groups in total. The van der Waals surface area contributed by atoms with Gasteiger partial charge in [0, 0.05) is 38.7 Å². The van der Waals surface area contributed by atoms with Crippen molar-refractivity contribution in [2.75, 3.05) is 25.9 Å². The average molecular weight is 345 g/mol. The molecule has 8 nitrogen and oxygen atoms in total. The zero-order valence-electron chi connectivity index (χ0n) is 14.3. The third kappa shape index (κ3) is 6.19. The number of sulfonamides is 1. The number of nitrogens with one attached hydrogen (secondary N) is 3. The van der Waals surface area contributed by atoms with Gasteiger partial charge in [-0.15, -0.1) is 0 Å². The largest absolute Gasteiger partial charge is 0.361 e. The van der Waals surface area contributed by atoms with E-state index < -0.39 is 10.0 Å². The Hall–Kier alpha value is -1.61. The van der Waals surface area contributed by atoms with Crippen molar-refractivity contribution in [3.8, 4) is 0 Å². The van der Waals surface area contributed by atoms with Crippen LogP contribution in [0.1, 0.15) is 37.8 Å². The van der Waals surface area contributed by atoms with Crippen molar-refractivity contribution in [1.82, 2.24) is 20.5 Å². The van der Waals surface area contributed by atoms with Gasteiger partial charge >= 0.3 is 0 Å². The van der Waals surface area contributed by atoms with Crippen molar-refractivity contribution in [3.05, 3.63) is 17.0 Å². The van der Waals surface area contributed by atoms with E-state index in [1.54, 1.807) is 14.0 Å². The molecule has 0 aliphatic heterocycles. The summed E-state index contributed by atoms with van der Waals surface area (Å²) in [5.74, 6) is 1.55. The SMILES string of the molecule is CCc1noc(CC)c1CNC(=NC)NCCNS(=O)(=O)CC. The van der Waals surface area contributed by atoms with Crippen molar-refractivity contribution < 1.29 is 12.9 Å². The zero-order valence-corrected chi connectivity index (χ0v) is 15.1. The van der Waals surface area contributed by atoms with E-state index in [1.807, 2.05) is 13.8 Å². The second kappa shape index (κ2) is 9.51. The van der Waals surface area contributed by atoms with E-state index in [9.17, 15) is 8.42 Å². The lowest BCUT2D eigenvalue weighted by Crippen LogP contribution is -2.41. The fraction of sp³-hybridized carbons (Fsp3) is 0.714. The molecule has 0 atom stereocenters. The van der Waals surface area contributed by atoms with Crippen molar-refractivity contribution in [3.63, 3.8) is 0 Å².